The molecular weight excluding hydrogens is 312 g/mol. The molecule has 2 rings (SSSR count). The molecule has 8 nitrogen and oxygen atoms in total. The van der Waals surface area contributed by atoms with Crippen molar-refractivity contribution in [3.05, 3.63) is 0 Å². The topological polar surface area (TPSA) is 104 Å². The summed E-state index contributed by atoms with van der Waals surface area (Å²) in [5.74, 6) is -1.64. The number of hydrogen-bond acceptors (Lipinski definition) is 5. The standard InChI is InChI=1S/C13H22N2O6S/c1-2-22(19,20)15-5-3-4-10(8-15)12(16)14-6-7-21-11(9-14)13(17)18/h10-11H,2-9H2,1H3,(H,17,18). The van der Waals surface area contributed by atoms with Gasteiger partial charge in [-0.2, -0.15) is 0 Å². The van der Waals surface area contributed by atoms with Gasteiger partial charge < -0.3 is 14.7 Å². The second kappa shape index (κ2) is 6.93. The lowest BCUT2D eigenvalue weighted by Gasteiger charge is -2.36. The third-order valence-electron chi connectivity index (χ3n) is 4.15. The first kappa shape index (κ1) is 17.2. The lowest BCUT2D eigenvalue weighted by Crippen LogP contribution is -2.53. The molecule has 1 N–H and O–H groups in total. The molecule has 0 spiro atoms. The van der Waals surface area contributed by atoms with E-state index in [4.69, 9.17) is 9.84 Å². The highest BCUT2D eigenvalue weighted by Gasteiger charge is 2.36. The van der Waals surface area contributed by atoms with Crippen LogP contribution in [-0.4, -0.2) is 79.2 Å². The van der Waals surface area contributed by atoms with E-state index in [0.29, 0.717) is 25.9 Å². The minimum Gasteiger partial charge on any atom is -0.479 e. The number of carbonyl (C=O) groups excluding carboxylic acids is 1. The predicted molar refractivity (Wildman–Crippen MR) is 77.7 cm³/mol. The predicted octanol–water partition coefficient (Wildman–Crippen LogP) is -0.640. The monoisotopic (exact) mass is 334 g/mol. The van der Waals surface area contributed by atoms with E-state index >= 15 is 0 Å². The summed E-state index contributed by atoms with van der Waals surface area (Å²) in [6.07, 6.45) is 0.267. The van der Waals surface area contributed by atoms with Gasteiger partial charge in [-0.1, -0.05) is 0 Å². The number of carboxylic acids is 1. The quantitative estimate of drug-likeness (QED) is 0.733. The molecule has 2 saturated heterocycles. The van der Waals surface area contributed by atoms with Crippen molar-refractivity contribution in [1.82, 2.24) is 9.21 Å². The summed E-state index contributed by atoms with van der Waals surface area (Å²) >= 11 is 0. The van der Waals surface area contributed by atoms with Crippen LogP contribution in [0.25, 0.3) is 0 Å². The van der Waals surface area contributed by atoms with E-state index in [-0.39, 0.29) is 31.4 Å². The van der Waals surface area contributed by atoms with Gasteiger partial charge in [0.1, 0.15) is 0 Å². The smallest absolute Gasteiger partial charge is 0.334 e. The molecule has 2 heterocycles. The molecule has 0 aromatic rings. The zero-order chi connectivity index (χ0) is 16.3. The van der Waals surface area contributed by atoms with Crippen molar-refractivity contribution in [2.75, 3.05) is 38.5 Å². The van der Waals surface area contributed by atoms with Crippen LogP contribution in [-0.2, 0) is 24.3 Å². The number of carboxylic acid groups (broad SMARTS) is 1. The molecule has 0 bridgehead atoms. The maximum absolute atomic E-state index is 12.5. The Kier molecular flexibility index (Phi) is 5.41. The van der Waals surface area contributed by atoms with E-state index in [2.05, 4.69) is 0 Å². The Morgan fingerprint density at radius 3 is 2.64 bits per heavy atom. The fourth-order valence-corrected chi connectivity index (χ4v) is 4.02. The molecule has 2 fully saturated rings. The number of ether oxygens (including phenoxy) is 1. The summed E-state index contributed by atoms with van der Waals surface area (Å²) in [6, 6.07) is 0. The Labute approximate surface area is 130 Å². The molecule has 0 aromatic heterocycles. The van der Waals surface area contributed by atoms with Gasteiger partial charge in [-0.15, -0.1) is 0 Å². The van der Waals surface area contributed by atoms with Crippen molar-refractivity contribution in [1.29, 1.82) is 0 Å². The average Bonchev–Trinajstić information content (AvgIpc) is 2.54. The van der Waals surface area contributed by atoms with Gasteiger partial charge >= 0.3 is 5.97 Å². The molecule has 126 valence electrons. The third kappa shape index (κ3) is 3.76. The number of amides is 1. The Bertz CT molecular complexity index is 535. The lowest BCUT2D eigenvalue weighted by molar-refractivity contribution is -0.160. The Morgan fingerprint density at radius 2 is 2.00 bits per heavy atom. The van der Waals surface area contributed by atoms with Gasteiger partial charge in [-0.3, -0.25) is 4.79 Å². The molecule has 9 heteroatoms. The second-order valence-electron chi connectivity index (χ2n) is 5.58. The van der Waals surface area contributed by atoms with E-state index < -0.39 is 28.0 Å². The molecule has 0 aromatic carbocycles. The Morgan fingerprint density at radius 1 is 1.27 bits per heavy atom. The number of sulfonamides is 1. The first-order chi connectivity index (χ1) is 10.3. The fraction of sp³-hybridized carbons (Fsp3) is 0.846. The molecule has 2 atom stereocenters. The zero-order valence-electron chi connectivity index (χ0n) is 12.6. The third-order valence-corrected chi connectivity index (χ3v) is 5.99. The van der Waals surface area contributed by atoms with E-state index in [1.165, 1.54) is 9.21 Å². The zero-order valence-corrected chi connectivity index (χ0v) is 13.4. The number of hydrogen-bond donors (Lipinski definition) is 1. The maximum Gasteiger partial charge on any atom is 0.334 e. The van der Waals surface area contributed by atoms with Crippen LogP contribution in [0.1, 0.15) is 19.8 Å². The van der Waals surface area contributed by atoms with Crippen molar-refractivity contribution < 1.29 is 27.9 Å². The van der Waals surface area contributed by atoms with Crippen LogP contribution >= 0.6 is 0 Å². The van der Waals surface area contributed by atoms with Crippen molar-refractivity contribution in [2.45, 2.75) is 25.9 Å². The summed E-state index contributed by atoms with van der Waals surface area (Å²) in [5.41, 5.74) is 0. The second-order valence-corrected chi connectivity index (χ2v) is 7.84. The molecule has 1 amide bonds. The van der Waals surface area contributed by atoms with E-state index in [9.17, 15) is 18.0 Å². The van der Waals surface area contributed by atoms with E-state index in [1.807, 2.05) is 0 Å². The molecule has 2 unspecified atom stereocenters. The normalized spacial score (nSPS) is 27.6. The van der Waals surface area contributed by atoms with Crippen LogP contribution in [0.4, 0.5) is 0 Å². The Hall–Kier alpha value is -1.19. The van der Waals surface area contributed by atoms with Gasteiger partial charge in [0.15, 0.2) is 6.10 Å². The highest BCUT2D eigenvalue weighted by Crippen LogP contribution is 2.22. The molecule has 0 saturated carbocycles. The van der Waals surface area contributed by atoms with Gasteiger partial charge in [0, 0.05) is 19.6 Å². The van der Waals surface area contributed by atoms with Crippen molar-refractivity contribution >= 4 is 21.9 Å². The minimum atomic E-state index is -3.30. The molecule has 2 aliphatic heterocycles. The highest BCUT2D eigenvalue weighted by molar-refractivity contribution is 7.89. The van der Waals surface area contributed by atoms with Gasteiger partial charge in [0.25, 0.3) is 0 Å². The molecular formula is C13H22N2O6S. The number of morpholine rings is 1. The van der Waals surface area contributed by atoms with E-state index in [1.54, 1.807) is 6.92 Å². The summed E-state index contributed by atoms with van der Waals surface area (Å²) in [4.78, 5) is 25.0. The number of piperidine rings is 1. The molecule has 22 heavy (non-hydrogen) atoms. The molecule has 0 radical (unpaired) electrons. The van der Waals surface area contributed by atoms with Crippen molar-refractivity contribution in [2.24, 2.45) is 5.92 Å². The van der Waals surface area contributed by atoms with Crippen LogP contribution in [0.15, 0.2) is 0 Å². The van der Waals surface area contributed by atoms with Gasteiger partial charge in [0.2, 0.25) is 15.9 Å². The minimum absolute atomic E-state index is 0.0190. The molecule has 0 aliphatic carbocycles. The van der Waals surface area contributed by atoms with E-state index in [0.717, 1.165) is 0 Å². The van der Waals surface area contributed by atoms with Gasteiger partial charge in [0.05, 0.1) is 24.8 Å². The fourth-order valence-electron chi connectivity index (χ4n) is 2.84. The first-order valence-corrected chi connectivity index (χ1v) is 9.07. The highest BCUT2D eigenvalue weighted by atomic mass is 32.2. The lowest BCUT2D eigenvalue weighted by atomic mass is 9.97. The van der Waals surface area contributed by atoms with Crippen LogP contribution < -0.4 is 0 Å². The summed E-state index contributed by atoms with van der Waals surface area (Å²) < 4.78 is 30.4. The van der Waals surface area contributed by atoms with Crippen LogP contribution in [0.3, 0.4) is 0 Å². The van der Waals surface area contributed by atoms with Crippen molar-refractivity contribution in [3.63, 3.8) is 0 Å². The van der Waals surface area contributed by atoms with Crippen molar-refractivity contribution in [3.8, 4) is 0 Å². The number of carbonyl (C=O) groups is 2. The molecule has 2 aliphatic rings. The van der Waals surface area contributed by atoms with Gasteiger partial charge in [-0.05, 0) is 19.8 Å². The average molecular weight is 334 g/mol. The maximum atomic E-state index is 12.5. The summed E-state index contributed by atoms with van der Waals surface area (Å²) in [7, 11) is -3.30. The summed E-state index contributed by atoms with van der Waals surface area (Å²) in [6.45, 7) is 2.77. The van der Waals surface area contributed by atoms with Crippen LogP contribution in [0, 0.1) is 5.92 Å². The SMILES string of the molecule is CCS(=O)(=O)N1CCCC(C(=O)N2CCOC(C(=O)O)C2)C1. The number of rotatable bonds is 4. The Balaban J connectivity index is 2.01. The largest absolute Gasteiger partial charge is 0.479 e. The van der Waals surface area contributed by atoms with Gasteiger partial charge in [-0.25, -0.2) is 17.5 Å². The summed E-state index contributed by atoms with van der Waals surface area (Å²) in [5, 5.41) is 8.98. The first-order valence-electron chi connectivity index (χ1n) is 7.46. The van der Waals surface area contributed by atoms with Crippen LogP contribution in [0.5, 0.6) is 0 Å². The number of nitrogens with zero attached hydrogens (tertiary/aromatic N) is 2. The number of aliphatic carboxylic acids is 1. The van der Waals surface area contributed by atoms with Crippen LogP contribution in [0.2, 0.25) is 0 Å².